The molecule has 6 heteroatoms. The third-order valence-electron chi connectivity index (χ3n) is 6.55. The number of fused-ring (bicyclic) bond motifs is 2. The van der Waals surface area contributed by atoms with Gasteiger partial charge in [-0.1, -0.05) is 78.9 Å². The number of hydrogen-bond acceptors (Lipinski definition) is 3. The van der Waals surface area contributed by atoms with Crippen LogP contribution in [0.5, 0.6) is 0 Å². The molecule has 5 nitrogen and oxygen atoms in total. The molecule has 0 aliphatic carbocycles. The molecule has 1 amide bonds. The van der Waals surface area contributed by atoms with Crippen molar-refractivity contribution in [3.63, 3.8) is 0 Å². The second-order valence-corrected chi connectivity index (χ2v) is 10.2. The molecule has 0 N–H and O–H groups in total. The van der Waals surface area contributed by atoms with E-state index < -0.39 is 0 Å². The van der Waals surface area contributed by atoms with Crippen molar-refractivity contribution >= 4 is 56.7 Å². The zero-order valence-corrected chi connectivity index (χ0v) is 22.0. The lowest BCUT2D eigenvalue weighted by Gasteiger charge is -2.17. The van der Waals surface area contributed by atoms with Crippen LogP contribution in [-0.2, 0) is 17.9 Å². The number of para-hydroxylation sites is 1. The second-order valence-electron chi connectivity index (χ2n) is 8.96. The summed E-state index contributed by atoms with van der Waals surface area (Å²) in [6.45, 7) is 0.825. The fraction of sp³-hybridized carbons (Fsp3) is 0.0645. The lowest BCUT2D eigenvalue weighted by molar-refractivity contribution is -0.113. The van der Waals surface area contributed by atoms with Crippen LogP contribution in [0.4, 0.5) is 5.69 Å². The van der Waals surface area contributed by atoms with Crippen molar-refractivity contribution in [2.75, 3.05) is 4.90 Å². The molecule has 180 valence electrons. The summed E-state index contributed by atoms with van der Waals surface area (Å²) in [4.78, 5) is 34.1. The predicted molar refractivity (Wildman–Crippen MR) is 156 cm³/mol. The third kappa shape index (κ3) is 4.49. The summed E-state index contributed by atoms with van der Waals surface area (Å²) in [7, 11) is 0. The highest BCUT2D eigenvalue weighted by Crippen LogP contribution is 2.38. The van der Waals surface area contributed by atoms with E-state index in [9.17, 15) is 9.59 Å². The van der Waals surface area contributed by atoms with Gasteiger partial charge in [-0.3, -0.25) is 14.2 Å². The summed E-state index contributed by atoms with van der Waals surface area (Å²) in [5.74, 6) is 0.357. The summed E-state index contributed by atoms with van der Waals surface area (Å²) >= 11 is 2.20. The SMILES string of the molecule is O=C1/C(=C\c2nc3ccc(I)cc3c(=O)n2Cc2ccccc2)c2ccccc2N1Cc1ccccc1. The molecule has 0 bridgehead atoms. The average molecular weight is 595 g/mol. The number of aromatic nitrogens is 2. The van der Waals surface area contributed by atoms with E-state index >= 15 is 0 Å². The number of amides is 1. The molecule has 0 unspecified atom stereocenters. The van der Waals surface area contributed by atoms with Crippen LogP contribution in [0.2, 0.25) is 0 Å². The minimum absolute atomic E-state index is 0.103. The molecule has 4 aromatic carbocycles. The van der Waals surface area contributed by atoms with Gasteiger partial charge in [0.25, 0.3) is 11.5 Å². The van der Waals surface area contributed by atoms with E-state index in [2.05, 4.69) is 22.6 Å². The van der Waals surface area contributed by atoms with Crippen LogP contribution < -0.4 is 10.5 Å². The topological polar surface area (TPSA) is 55.2 Å². The van der Waals surface area contributed by atoms with Crippen LogP contribution in [0.1, 0.15) is 22.5 Å². The van der Waals surface area contributed by atoms with Gasteiger partial charge in [-0.2, -0.15) is 0 Å². The maximum atomic E-state index is 13.8. The van der Waals surface area contributed by atoms with Crippen LogP contribution in [0.15, 0.2) is 108 Å². The summed E-state index contributed by atoms with van der Waals surface area (Å²) in [6.07, 6.45) is 1.77. The lowest BCUT2D eigenvalue weighted by atomic mass is 10.1. The van der Waals surface area contributed by atoms with E-state index in [1.54, 1.807) is 15.5 Å². The van der Waals surface area contributed by atoms with Gasteiger partial charge in [0.05, 0.1) is 35.3 Å². The maximum Gasteiger partial charge on any atom is 0.261 e. The van der Waals surface area contributed by atoms with E-state index in [0.29, 0.717) is 35.4 Å². The Morgan fingerprint density at radius 1 is 0.757 bits per heavy atom. The molecule has 0 radical (unpaired) electrons. The molecule has 0 spiro atoms. The number of hydrogen-bond donors (Lipinski definition) is 0. The second kappa shape index (κ2) is 9.78. The van der Waals surface area contributed by atoms with Gasteiger partial charge in [0, 0.05) is 9.13 Å². The predicted octanol–water partition coefficient (Wildman–Crippen LogP) is 6.14. The minimum Gasteiger partial charge on any atom is -0.303 e. The number of halogens is 1. The first kappa shape index (κ1) is 23.4. The van der Waals surface area contributed by atoms with E-state index in [4.69, 9.17) is 4.98 Å². The number of carbonyl (C=O) groups excluding carboxylic acids is 1. The molecule has 2 heterocycles. The Labute approximate surface area is 227 Å². The fourth-order valence-electron chi connectivity index (χ4n) is 4.74. The summed E-state index contributed by atoms with van der Waals surface area (Å²) in [5, 5.41) is 0.564. The van der Waals surface area contributed by atoms with Gasteiger partial charge >= 0.3 is 0 Å². The number of nitrogens with zero attached hydrogens (tertiary/aromatic N) is 3. The maximum absolute atomic E-state index is 13.8. The highest BCUT2D eigenvalue weighted by atomic mass is 127. The summed E-state index contributed by atoms with van der Waals surface area (Å²) in [5.41, 5.74) is 4.75. The Morgan fingerprint density at radius 3 is 2.14 bits per heavy atom. The third-order valence-corrected chi connectivity index (χ3v) is 7.22. The van der Waals surface area contributed by atoms with Crippen molar-refractivity contribution in [2.24, 2.45) is 0 Å². The van der Waals surface area contributed by atoms with Crippen molar-refractivity contribution in [2.45, 2.75) is 13.1 Å². The summed E-state index contributed by atoms with van der Waals surface area (Å²) in [6, 6.07) is 33.2. The van der Waals surface area contributed by atoms with Gasteiger partial charge in [0.1, 0.15) is 5.82 Å². The zero-order chi connectivity index (χ0) is 25.4. The molecule has 6 rings (SSSR count). The number of anilines is 1. The van der Waals surface area contributed by atoms with Crippen LogP contribution in [0.25, 0.3) is 22.6 Å². The minimum atomic E-state index is -0.126. The van der Waals surface area contributed by atoms with E-state index in [1.165, 1.54) is 0 Å². The van der Waals surface area contributed by atoms with Crippen molar-refractivity contribution < 1.29 is 4.79 Å². The van der Waals surface area contributed by atoms with Gasteiger partial charge in [-0.05, 0) is 64.1 Å². The monoisotopic (exact) mass is 595 g/mol. The highest BCUT2D eigenvalue weighted by molar-refractivity contribution is 14.1. The van der Waals surface area contributed by atoms with Crippen LogP contribution >= 0.6 is 22.6 Å². The molecule has 1 aromatic heterocycles. The molecule has 0 fully saturated rings. The van der Waals surface area contributed by atoms with Gasteiger partial charge in [0.2, 0.25) is 0 Å². The van der Waals surface area contributed by atoms with Gasteiger partial charge in [-0.25, -0.2) is 4.98 Å². The first-order valence-corrected chi connectivity index (χ1v) is 13.1. The molecule has 0 saturated heterocycles. The van der Waals surface area contributed by atoms with Crippen LogP contribution in [0, 0.1) is 3.57 Å². The van der Waals surface area contributed by atoms with Crippen LogP contribution in [-0.4, -0.2) is 15.5 Å². The Morgan fingerprint density at radius 2 is 1.41 bits per heavy atom. The van der Waals surface area contributed by atoms with Crippen molar-refractivity contribution in [1.29, 1.82) is 0 Å². The van der Waals surface area contributed by atoms with E-state index in [0.717, 1.165) is 25.9 Å². The van der Waals surface area contributed by atoms with Gasteiger partial charge in [-0.15, -0.1) is 0 Å². The van der Waals surface area contributed by atoms with Gasteiger partial charge in [0.15, 0.2) is 0 Å². The highest BCUT2D eigenvalue weighted by Gasteiger charge is 2.32. The lowest BCUT2D eigenvalue weighted by Crippen LogP contribution is -2.26. The van der Waals surface area contributed by atoms with Crippen molar-refractivity contribution in [1.82, 2.24) is 9.55 Å². The molecule has 5 aromatic rings. The largest absolute Gasteiger partial charge is 0.303 e. The van der Waals surface area contributed by atoms with Crippen LogP contribution in [0.3, 0.4) is 0 Å². The van der Waals surface area contributed by atoms with Crippen molar-refractivity contribution in [3.8, 4) is 0 Å². The van der Waals surface area contributed by atoms with E-state index in [1.807, 2.05) is 103 Å². The van der Waals surface area contributed by atoms with E-state index in [-0.39, 0.29) is 11.5 Å². The zero-order valence-electron chi connectivity index (χ0n) is 19.8. The quantitative estimate of drug-likeness (QED) is 0.181. The molecule has 37 heavy (non-hydrogen) atoms. The normalized spacial score (nSPS) is 13.9. The number of benzene rings is 4. The number of carbonyl (C=O) groups is 1. The van der Waals surface area contributed by atoms with Gasteiger partial charge < -0.3 is 4.90 Å². The fourth-order valence-corrected chi connectivity index (χ4v) is 5.23. The van der Waals surface area contributed by atoms with Crippen molar-refractivity contribution in [3.05, 3.63) is 140 Å². The Bertz CT molecular complexity index is 1730. The first-order chi connectivity index (χ1) is 18.1. The molecule has 1 aliphatic rings. The average Bonchev–Trinajstić information content (AvgIpc) is 3.18. The first-order valence-electron chi connectivity index (χ1n) is 12.0. The smallest absolute Gasteiger partial charge is 0.261 e. The Hall–Kier alpha value is -4.04. The molecule has 0 saturated carbocycles. The summed E-state index contributed by atoms with van der Waals surface area (Å²) < 4.78 is 2.63. The number of rotatable bonds is 5. The Balaban J connectivity index is 1.51. The molecule has 1 aliphatic heterocycles. The standard InChI is InChI=1S/C31H22IN3O2/c32-23-15-16-27-26(17-23)31(37)35(20-22-11-5-2-6-12-22)29(33-27)18-25-24-13-7-8-14-28(24)34(30(25)36)19-21-9-3-1-4-10-21/h1-18H,19-20H2/b25-18-. The molecule has 0 atom stereocenters. The molecular formula is C31H22IN3O2. The Kier molecular flexibility index (Phi) is 6.18. The molecular weight excluding hydrogens is 573 g/mol.